The molecule has 0 aliphatic carbocycles. The molecular weight excluding hydrogens is 439 g/mol. The quantitative estimate of drug-likeness (QED) is 0.275. The maximum atomic E-state index is 14.5. The number of fused-ring (bicyclic) bond motifs is 1. The first-order valence-electron chi connectivity index (χ1n) is 9.07. The number of hydrazine groups is 1. The van der Waals surface area contributed by atoms with Gasteiger partial charge in [-0.05, 0) is 35.7 Å². The maximum absolute atomic E-state index is 14.5. The van der Waals surface area contributed by atoms with Crippen molar-refractivity contribution in [3.05, 3.63) is 87.1 Å². The molecule has 2 aromatic heterocycles. The molecule has 0 fully saturated rings. The van der Waals surface area contributed by atoms with Gasteiger partial charge in [-0.1, -0.05) is 42.1 Å². The molecule has 2 heterocycles. The summed E-state index contributed by atoms with van der Waals surface area (Å²) in [7, 11) is 0. The number of amides is 2. The summed E-state index contributed by atoms with van der Waals surface area (Å²) in [4.78, 5) is 42.1. The van der Waals surface area contributed by atoms with Gasteiger partial charge < -0.3 is 0 Å². The van der Waals surface area contributed by atoms with Gasteiger partial charge in [0.05, 0.1) is 27.2 Å². The van der Waals surface area contributed by atoms with Gasteiger partial charge in [0.25, 0.3) is 11.5 Å². The van der Waals surface area contributed by atoms with Crippen molar-refractivity contribution in [3.8, 4) is 5.69 Å². The van der Waals surface area contributed by atoms with Gasteiger partial charge in [0.2, 0.25) is 5.91 Å². The standard InChI is InChI=1S/C21H15FN4O3S2/c22-14-7-2-4-9-16(14)26-20(29)13-6-1-3-8-15(13)23-21(26)31-12-18(27)24-25-19(28)17-10-5-11-30-17/h1-11H,12H2,(H,24,27)(H,25,28). The maximum Gasteiger partial charge on any atom is 0.279 e. The average Bonchev–Trinajstić information content (AvgIpc) is 3.32. The third-order valence-corrected chi connectivity index (χ3v) is 6.04. The molecule has 0 bridgehead atoms. The van der Waals surface area contributed by atoms with Crippen LogP contribution in [0.2, 0.25) is 0 Å². The molecular formula is C21H15FN4O3S2. The number of benzene rings is 2. The zero-order chi connectivity index (χ0) is 21.8. The highest BCUT2D eigenvalue weighted by Gasteiger charge is 2.17. The fraction of sp³-hybridized carbons (Fsp3) is 0.0476. The summed E-state index contributed by atoms with van der Waals surface area (Å²) < 4.78 is 15.6. The predicted molar refractivity (Wildman–Crippen MR) is 118 cm³/mol. The Morgan fingerprint density at radius 3 is 2.58 bits per heavy atom. The van der Waals surface area contributed by atoms with Crippen molar-refractivity contribution in [3.63, 3.8) is 0 Å². The number of thioether (sulfide) groups is 1. The number of aromatic nitrogens is 2. The van der Waals surface area contributed by atoms with Crippen LogP contribution < -0.4 is 16.4 Å². The third-order valence-electron chi connectivity index (χ3n) is 4.23. The molecule has 4 aromatic rings. The Labute approximate surface area is 183 Å². The molecule has 10 heteroatoms. The third kappa shape index (κ3) is 4.49. The Balaban J connectivity index is 1.59. The number of para-hydroxylation sites is 2. The minimum atomic E-state index is -0.587. The summed E-state index contributed by atoms with van der Waals surface area (Å²) >= 11 is 2.21. The topological polar surface area (TPSA) is 93.1 Å². The van der Waals surface area contributed by atoms with Gasteiger partial charge in [0, 0.05) is 0 Å². The summed E-state index contributed by atoms with van der Waals surface area (Å²) in [6, 6.07) is 15.9. The lowest BCUT2D eigenvalue weighted by atomic mass is 10.2. The second-order valence-corrected chi connectivity index (χ2v) is 8.16. The molecule has 156 valence electrons. The summed E-state index contributed by atoms with van der Waals surface area (Å²) in [5.41, 5.74) is 4.69. The molecule has 4 rings (SSSR count). The first-order chi connectivity index (χ1) is 15.0. The molecule has 0 aliphatic heterocycles. The first-order valence-corrected chi connectivity index (χ1v) is 10.9. The Morgan fingerprint density at radius 2 is 1.81 bits per heavy atom. The molecule has 0 atom stereocenters. The van der Waals surface area contributed by atoms with Gasteiger partial charge in [0.15, 0.2) is 5.16 Å². The summed E-state index contributed by atoms with van der Waals surface area (Å²) in [5, 5.41) is 2.25. The van der Waals surface area contributed by atoms with E-state index in [-0.39, 0.29) is 16.6 Å². The smallest absolute Gasteiger partial charge is 0.272 e. The van der Waals surface area contributed by atoms with Crippen LogP contribution >= 0.6 is 23.1 Å². The molecule has 0 saturated heterocycles. The van der Waals surface area contributed by atoms with E-state index in [0.29, 0.717) is 15.8 Å². The van der Waals surface area contributed by atoms with Gasteiger partial charge in [0.1, 0.15) is 5.82 Å². The molecule has 2 amide bonds. The monoisotopic (exact) mass is 454 g/mol. The zero-order valence-electron chi connectivity index (χ0n) is 15.9. The Bertz CT molecular complexity index is 1320. The number of carbonyl (C=O) groups excluding carboxylic acids is 2. The van der Waals surface area contributed by atoms with Crippen molar-refractivity contribution < 1.29 is 14.0 Å². The number of hydrogen-bond donors (Lipinski definition) is 2. The van der Waals surface area contributed by atoms with Crippen molar-refractivity contribution in [1.29, 1.82) is 0 Å². The Hall–Kier alpha value is -3.50. The molecule has 0 saturated carbocycles. The second kappa shape index (κ2) is 9.11. The number of nitrogens with one attached hydrogen (secondary N) is 2. The van der Waals surface area contributed by atoms with E-state index in [0.717, 1.165) is 16.3 Å². The lowest BCUT2D eigenvalue weighted by molar-refractivity contribution is -0.119. The van der Waals surface area contributed by atoms with Crippen LogP contribution in [0, 0.1) is 5.82 Å². The van der Waals surface area contributed by atoms with Gasteiger partial charge in [-0.25, -0.2) is 9.37 Å². The van der Waals surface area contributed by atoms with Crippen molar-refractivity contribution in [2.75, 3.05) is 5.75 Å². The largest absolute Gasteiger partial charge is 0.279 e. The first kappa shape index (κ1) is 20.8. The molecule has 31 heavy (non-hydrogen) atoms. The number of carbonyl (C=O) groups is 2. The molecule has 0 aliphatic rings. The van der Waals surface area contributed by atoms with E-state index >= 15 is 0 Å². The van der Waals surface area contributed by atoms with Gasteiger partial charge in [-0.15, -0.1) is 11.3 Å². The number of hydrogen-bond acceptors (Lipinski definition) is 6. The molecule has 7 nitrogen and oxygen atoms in total. The predicted octanol–water partition coefficient (Wildman–Crippen LogP) is 3.14. The summed E-state index contributed by atoms with van der Waals surface area (Å²) in [5.74, 6) is -1.67. The highest BCUT2D eigenvalue weighted by molar-refractivity contribution is 7.99. The van der Waals surface area contributed by atoms with E-state index in [4.69, 9.17) is 0 Å². The van der Waals surface area contributed by atoms with Crippen LogP contribution in [0.4, 0.5) is 4.39 Å². The number of nitrogens with zero attached hydrogens (tertiary/aromatic N) is 2. The van der Waals surface area contributed by atoms with E-state index in [2.05, 4.69) is 15.8 Å². The van der Waals surface area contributed by atoms with Crippen LogP contribution in [0.15, 0.2) is 76.0 Å². The fourth-order valence-corrected chi connectivity index (χ4v) is 4.24. The van der Waals surface area contributed by atoms with Gasteiger partial charge in [-0.3, -0.25) is 29.8 Å². The Kier molecular flexibility index (Phi) is 6.10. The number of rotatable bonds is 5. The van der Waals surface area contributed by atoms with Crippen LogP contribution in [0.25, 0.3) is 16.6 Å². The van der Waals surface area contributed by atoms with E-state index in [1.807, 2.05) is 0 Å². The highest BCUT2D eigenvalue weighted by Crippen LogP contribution is 2.22. The molecule has 2 N–H and O–H groups in total. The average molecular weight is 455 g/mol. The van der Waals surface area contributed by atoms with Crippen LogP contribution in [0.5, 0.6) is 0 Å². The second-order valence-electron chi connectivity index (χ2n) is 6.27. The van der Waals surface area contributed by atoms with Gasteiger partial charge >= 0.3 is 0 Å². The van der Waals surface area contributed by atoms with Crippen molar-refractivity contribution >= 4 is 45.8 Å². The van der Waals surface area contributed by atoms with Crippen molar-refractivity contribution in [2.24, 2.45) is 0 Å². The normalized spacial score (nSPS) is 10.7. The van der Waals surface area contributed by atoms with E-state index in [9.17, 15) is 18.8 Å². The van der Waals surface area contributed by atoms with Gasteiger partial charge in [-0.2, -0.15) is 0 Å². The lowest BCUT2D eigenvalue weighted by Crippen LogP contribution is -2.42. The molecule has 0 unspecified atom stereocenters. The molecule has 0 radical (unpaired) electrons. The zero-order valence-corrected chi connectivity index (χ0v) is 17.5. The van der Waals surface area contributed by atoms with Crippen molar-refractivity contribution in [1.82, 2.24) is 20.4 Å². The Morgan fingerprint density at radius 1 is 1.03 bits per heavy atom. The van der Waals surface area contributed by atoms with Crippen LogP contribution in [0.1, 0.15) is 9.67 Å². The van der Waals surface area contributed by atoms with E-state index in [1.54, 1.807) is 47.8 Å². The van der Waals surface area contributed by atoms with Crippen molar-refractivity contribution in [2.45, 2.75) is 5.16 Å². The fourth-order valence-electron chi connectivity index (χ4n) is 2.82. The number of halogens is 1. The summed E-state index contributed by atoms with van der Waals surface area (Å²) in [6.07, 6.45) is 0. The molecule has 0 spiro atoms. The highest BCUT2D eigenvalue weighted by atomic mass is 32.2. The minimum Gasteiger partial charge on any atom is -0.272 e. The van der Waals surface area contributed by atoms with E-state index in [1.165, 1.54) is 29.5 Å². The van der Waals surface area contributed by atoms with Crippen LogP contribution in [-0.2, 0) is 4.79 Å². The molecule has 2 aromatic carbocycles. The van der Waals surface area contributed by atoms with E-state index < -0.39 is 23.2 Å². The summed E-state index contributed by atoms with van der Waals surface area (Å²) in [6.45, 7) is 0. The SMILES string of the molecule is O=C(CSc1nc2ccccc2c(=O)n1-c1ccccc1F)NNC(=O)c1cccs1. The number of thiophene rings is 1. The van der Waals surface area contributed by atoms with Crippen LogP contribution in [0.3, 0.4) is 0 Å². The minimum absolute atomic E-state index is 0.0414. The van der Waals surface area contributed by atoms with Crippen LogP contribution in [-0.4, -0.2) is 27.1 Å². The lowest BCUT2D eigenvalue weighted by Gasteiger charge is -2.14.